The van der Waals surface area contributed by atoms with Crippen molar-refractivity contribution in [1.29, 1.82) is 0 Å². The SMILES string of the molecule is CCCNCc1ccc(-c2c(C)nn(CCC)c2C)o1. The van der Waals surface area contributed by atoms with Gasteiger partial charge in [-0.15, -0.1) is 0 Å². The molecule has 4 heteroatoms. The molecule has 0 aliphatic carbocycles. The molecule has 0 saturated heterocycles. The van der Waals surface area contributed by atoms with Crippen molar-refractivity contribution < 1.29 is 4.42 Å². The van der Waals surface area contributed by atoms with Crippen molar-refractivity contribution >= 4 is 0 Å². The lowest BCUT2D eigenvalue weighted by atomic mass is 10.1. The summed E-state index contributed by atoms with van der Waals surface area (Å²) in [5, 5.41) is 7.96. The quantitative estimate of drug-likeness (QED) is 0.784. The maximum atomic E-state index is 5.95. The number of rotatable bonds is 7. The Morgan fingerprint density at radius 1 is 1.20 bits per heavy atom. The van der Waals surface area contributed by atoms with Crippen LogP contribution in [0.15, 0.2) is 16.5 Å². The van der Waals surface area contributed by atoms with Gasteiger partial charge in [-0.05, 0) is 45.4 Å². The molecule has 0 spiro atoms. The first-order valence-electron chi connectivity index (χ1n) is 7.51. The van der Waals surface area contributed by atoms with Crippen molar-refractivity contribution in [2.45, 2.75) is 53.6 Å². The molecule has 0 aliphatic rings. The van der Waals surface area contributed by atoms with E-state index in [1.54, 1.807) is 0 Å². The van der Waals surface area contributed by atoms with E-state index in [2.05, 4.69) is 41.9 Å². The zero-order valence-electron chi connectivity index (χ0n) is 13.0. The van der Waals surface area contributed by atoms with Gasteiger partial charge in [0, 0.05) is 12.2 Å². The molecule has 0 aliphatic heterocycles. The molecule has 110 valence electrons. The van der Waals surface area contributed by atoms with E-state index in [0.717, 1.165) is 55.3 Å². The fourth-order valence-corrected chi connectivity index (χ4v) is 2.48. The number of nitrogens with one attached hydrogen (secondary N) is 1. The number of nitrogens with zero attached hydrogens (tertiary/aromatic N) is 2. The summed E-state index contributed by atoms with van der Waals surface area (Å²) < 4.78 is 8.03. The van der Waals surface area contributed by atoms with Crippen LogP contribution in [0.5, 0.6) is 0 Å². The lowest BCUT2D eigenvalue weighted by Crippen LogP contribution is -2.12. The number of hydrogen-bond donors (Lipinski definition) is 1. The van der Waals surface area contributed by atoms with Gasteiger partial charge in [0.05, 0.1) is 17.8 Å². The van der Waals surface area contributed by atoms with Crippen LogP contribution in [0.3, 0.4) is 0 Å². The minimum absolute atomic E-state index is 0.787. The van der Waals surface area contributed by atoms with Gasteiger partial charge >= 0.3 is 0 Å². The van der Waals surface area contributed by atoms with Crippen LogP contribution in [-0.2, 0) is 13.1 Å². The molecule has 20 heavy (non-hydrogen) atoms. The summed E-state index contributed by atoms with van der Waals surface area (Å²) in [5.41, 5.74) is 3.37. The molecule has 0 bridgehead atoms. The highest BCUT2D eigenvalue weighted by Crippen LogP contribution is 2.28. The molecule has 0 amide bonds. The first-order chi connectivity index (χ1) is 9.67. The Bertz CT molecular complexity index is 554. The molecule has 2 aromatic heterocycles. The average molecular weight is 275 g/mol. The third-order valence-electron chi connectivity index (χ3n) is 3.45. The molecule has 2 heterocycles. The predicted octanol–water partition coefficient (Wildman–Crippen LogP) is 3.67. The Labute approximate surface area is 121 Å². The summed E-state index contributed by atoms with van der Waals surface area (Å²) in [5.74, 6) is 1.91. The maximum Gasteiger partial charge on any atom is 0.138 e. The number of furan rings is 1. The summed E-state index contributed by atoms with van der Waals surface area (Å²) in [7, 11) is 0. The second kappa shape index (κ2) is 6.75. The third-order valence-corrected chi connectivity index (χ3v) is 3.45. The predicted molar refractivity (Wildman–Crippen MR) is 81.7 cm³/mol. The van der Waals surface area contributed by atoms with Crippen LogP contribution in [0, 0.1) is 13.8 Å². The highest BCUT2D eigenvalue weighted by molar-refractivity contribution is 5.63. The Morgan fingerprint density at radius 3 is 2.70 bits per heavy atom. The molecule has 0 atom stereocenters. The lowest BCUT2D eigenvalue weighted by Gasteiger charge is -2.02. The fourth-order valence-electron chi connectivity index (χ4n) is 2.48. The number of aryl methyl sites for hydroxylation is 2. The third kappa shape index (κ3) is 3.12. The first kappa shape index (κ1) is 14.9. The summed E-state index contributed by atoms with van der Waals surface area (Å²) in [6.45, 7) is 11.3. The normalized spacial score (nSPS) is 11.2. The van der Waals surface area contributed by atoms with E-state index in [0.29, 0.717) is 0 Å². The van der Waals surface area contributed by atoms with Gasteiger partial charge in [-0.2, -0.15) is 5.10 Å². The first-order valence-corrected chi connectivity index (χ1v) is 7.51. The van der Waals surface area contributed by atoms with Gasteiger partial charge in [-0.3, -0.25) is 4.68 Å². The van der Waals surface area contributed by atoms with Gasteiger partial charge in [-0.25, -0.2) is 0 Å². The summed E-state index contributed by atoms with van der Waals surface area (Å²) >= 11 is 0. The molecular formula is C16H25N3O. The van der Waals surface area contributed by atoms with Crippen molar-refractivity contribution in [2.75, 3.05) is 6.54 Å². The van der Waals surface area contributed by atoms with Gasteiger partial charge in [0.1, 0.15) is 11.5 Å². The second-order valence-corrected chi connectivity index (χ2v) is 5.21. The van der Waals surface area contributed by atoms with Crippen LogP contribution < -0.4 is 5.32 Å². The number of hydrogen-bond acceptors (Lipinski definition) is 3. The van der Waals surface area contributed by atoms with Crippen molar-refractivity contribution in [1.82, 2.24) is 15.1 Å². The van der Waals surface area contributed by atoms with E-state index >= 15 is 0 Å². The highest BCUT2D eigenvalue weighted by atomic mass is 16.3. The minimum Gasteiger partial charge on any atom is -0.460 e. The number of aromatic nitrogens is 2. The van der Waals surface area contributed by atoms with Crippen LogP contribution in [0.1, 0.15) is 43.8 Å². The summed E-state index contributed by atoms with van der Waals surface area (Å²) in [6.07, 6.45) is 2.22. The van der Waals surface area contributed by atoms with Crippen LogP contribution in [0.25, 0.3) is 11.3 Å². The molecule has 0 saturated carbocycles. The minimum atomic E-state index is 0.787. The fraction of sp³-hybridized carbons (Fsp3) is 0.562. The standard InChI is InChI=1S/C16H25N3O/c1-5-9-17-11-14-7-8-15(20-14)16-12(3)18-19(10-6-2)13(16)4/h7-8,17H,5-6,9-11H2,1-4H3. The molecule has 0 fully saturated rings. The van der Waals surface area contributed by atoms with Crippen LogP contribution in [-0.4, -0.2) is 16.3 Å². The Hall–Kier alpha value is -1.55. The van der Waals surface area contributed by atoms with E-state index in [1.807, 2.05) is 13.0 Å². The highest BCUT2D eigenvalue weighted by Gasteiger charge is 2.16. The molecule has 4 nitrogen and oxygen atoms in total. The molecule has 0 unspecified atom stereocenters. The molecule has 0 radical (unpaired) electrons. The summed E-state index contributed by atoms with van der Waals surface area (Å²) in [4.78, 5) is 0. The van der Waals surface area contributed by atoms with E-state index in [-0.39, 0.29) is 0 Å². The Balaban J connectivity index is 2.19. The van der Waals surface area contributed by atoms with Crippen LogP contribution in [0.2, 0.25) is 0 Å². The van der Waals surface area contributed by atoms with Gasteiger partial charge in [0.2, 0.25) is 0 Å². The lowest BCUT2D eigenvalue weighted by molar-refractivity contribution is 0.493. The van der Waals surface area contributed by atoms with Crippen LogP contribution in [0.4, 0.5) is 0 Å². The summed E-state index contributed by atoms with van der Waals surface area (Å²) in [6, 6.07) is 4.10. The van der Waals surface area contributed by atoms with Gasteiger partial charge in [-0.1, -0.05) is 13.8 Å². The zero-order valence-corrected chi connectivity index (χ0v) is 13.0. The van der Waals surface area contributed by atoms with Crippen molar-refractivity contribution in [2.24, 2.45) is 0 Å². The topological polar surface area (TPSA) is 43.0 Å². The maximum absolute atomic E-state index is 5.95. The molecule has 1 N–H and O–H groups in total. The molecule has 2 aromatic rings. The van der Waals surface area contributed by atoms with E-state index in [4.69, 9.17) is 4.42 Å². The Morgan fingerprint density at radius 2 is 2.00 bits per heavy atom. The monoisotopic (exact) mass is 275 g/mol. The molecular weight excluding hydrogens is 250 g/mol. The second-order valence-electron chi connectivity index (χ2n) is 5.21. The van der Waals surface area contributed by atoms with Crippen molar-refractivity contribution in [3.05, 3.63) is 29.3 Å². The zero-order chi connectivity index (χ0) is 14.5. The van der Waals surface area contributed by atoms with Gasteiger partial charge in [0.25, 0.3) is 0 Å². The smallest absolute Gasteiger partial charge is 0.138 e. The van der Waals surface area contributed by atoms with Gasteiger partial charge < -0.3 is 9.73 Å². The van der Waals surface area contributed by atoms with Crippen molar-refractivity contribution in [3.8, 4) is 11.3 Å². The Kier molecular flexibility index (Phi) is 5.01. The van der Waals surface area contributed by atoms with E-state index < -0.39 is 0 Å². The van der Waals surface area contributed by atoms with E-state index in [9.17, 15) is 0 Å². The van der Waals surface area contributed by atoms with Crippen LogP contribution >= 0.6 is 0 Å². The molecule has 0 aromatic carbocycles. The average Bonchev–Trinajstić information content (AvgIpc) is 2.96. The largest absolute Gasteiger partial charge is 0.460 e. The van der Waals surface area contributed by atoms with E-state index in [1.165, 1.54) is 5.69 Å². The van der Waals surface area contributed by atoms with Gasteiger partial charge in [0.15, 0.2) is 0 Å². The van der Waals surface area contributed by atoms with Crippen molar-refractivity contribution in [3.63, 3.8) is 0 Å². The molecule has 2 rings (SSSR count).